The molecule has 0 fully saturated rings. The second kappa shape index (κ2) is 7.55. The van der Waals surface area contributed by atoms with Crippen molar-refractivity contribution in [3.63, 3.8) is 0 Å². The number of hydrogen-bond acceptors (Lipinski definition) is 5. The molecule has 7 heteroatoms. The summed E-state index contributed by atoms with van der Waals surface area (Å²) in [6, 6.07) is 11.7. The molecular formula is C18H16BrN3O3. The van der Waals surface area contributed by atoms with Gasteiger partial charge in [-0.1, -0.05) is 12.1 Å². The first-order valence-corrected chi connectivity index (χ1v) is 8.30. The normalized spacial score (nSPS) is 10.6. The minimum absolute atomic E-state index is 0.0687. The summed E-state index contributed by atoms with van der Waals surface area (Å²) in [5, 5.41) is 14.9. The van der Waals surface area contributed by atoms with Crippen LogP contribution in [-0.4, -0.2) is 30.8 Å². The highest BCUT2D eigenvalue weighted by Crippen LogP contribution is 2.34. The number of hydrogen-bond donors (Lipinski definition) is 0. The van der Waals surface area contributed by atoms with Crippen molar-refractivity contribution < 1.29 is 14.2 Å². The molecule has 0 aliphatic carbocycles. The monoisotopic (exact) mass is 401 g/mol. The zero-order chi connectivity index (χ0) is 17.8. The van der Waals surface area contributed by atoms with Crippen LogP contribution in [0.3, 0.4) is 0 Å². The summed E-state index contributed by atoms with van der Waals surface area (Å²) in [5.74, 6) is 1.25. The third kappa shape index (κ3) is 3.45. The molecule has 0 unspecified atom stereocenters. The zero-order valence-electron chi connectivity index (χ0n) is 13.8. The number of rotatable bonds is 6. The first-order valence-electron chi connectivity index (χ1n) is 7.50. The van der Waals surface area contributed by atoms with Crippen LogP contribution >= 0.6 is 15.9 Å². The number of ether oxygens (including phenoxy) is 3. The average Bonchev–Trinajstić information content (AvgIpc) is 3.05. The number of halogens is 1. The van der Waals surface area contributed by atoms with Crippen LogP contribution in [0.15, 0.2) is 41.0 Å². The maximum atomic E-state index is 9.64. The summed E-state index contributed by atoms with van der Waals surface area (Å²) < 4.78 is 18.3. The second-order valence-corrected chi connectivity index (χ2v) is 6.16. The van der Waals surface area contributed by atoms with Gasteiger partial charge in [0.2, 0.25) is 0 Å². The van der Waals surface area contributed by atoms with Gasteiger partial charge >= 0.3 is 0 Å². The summed E-state index contributed by atoms with van der Waals surface area (Å²) in [7, 11) is 3.17. The molecule has 0 amide bonds. The van der Waals surface area contributed by atoms with Crippen molar-refractivity contribution in [1.82, 2.24) is 9.78 Å². The molecule has 3 aromatic rings. The van der Waals surface area contributed by atoms with E-state index in [4.69, 9.17) is 14.2 Å². The Hall–Kier alpha value is -2.56. The summed E-state index contributed by atoms with van der Waals surface area (Å²) >= 11 is 3.52. The van der Waals surface area contributed by atoms with Gasteiger partial charge in [0.05, 0.1) is 25.4 Å². The highest BCUT2D eigenvalue weighted by Gasteiger charge is 2.17. The smallest absolute Gasteiger partial charge is 0.188 e. The van der Waals surface area contributed by atoms with Gasteiger partial charge in [-0.05, 0) is 39.7 Å². The van der Waals surface area contributed by atoms with Gasteiger partial charge in [0.15, 0.2) is 6.79 Å². The molecule has 1 aromatic heterocycles. The van der Waals surface area contributed by atoms with Crippen molar-refractivity contribution in [3.8, 4) is 17.6 Å². The van der Waals surface area contributed by atoms with E-state index in [0.717, 1.165) is 26.7 Å². The molecule has 0 atom stereocenters. The Bertz CT molecular complexity index is 929. The SMILES string of the molecule is COCOc1cc(Br)c2cnn(Cc3ccc(OC)cc3)c2c1C#N. The van der Waals surface area contributed by atoms with Gasteiger partial charge in [0.25, 0.3) is 0 Å². The highest BCUT2D eigenvalue weighted by atomic mass is 79.9. The Balaban J connectivity index is 2.06. The molecule has 0 aliphatic heterocycles. The Morgan fingerprint density at radius 1 is 1.24 bits per heavy atom. The third-order valence-corrected chi connectivity index (χ3v) is 4.43. The molecule has 2 aromatic carbocycles. The largest absolute Gasteiger partial charge is 0.497 e. The van der Waals surface area contributed by atoms with Crippen LogP contribution in [0.1, 0.15) is 11.1 Å². The molecule has 0 radical (unpaired) electrons. The molecule has 0 bridgehead atoms. The fourth-order valence-corrected chi connectivity index (χ4v) is 3.07. The van der Waals surface area contributed by atoms with Crippen LogP contribution in [0, 0.1) is 11.3 Å². The lowest BCUT2D eigenvalue weighted by Crippen LogP contribution is -2.05. The highest BCUT2D eigenvalue weighted by molar-refractivity contribution is 9.10. The number of benzene rings is 2. The molecule has 0 N–H and O–H groups in total. The molecule has 25 heavy (non-hydrogen) atoms. The lowest BCUT2D eigenvalue weighted by Gasteiger charge is -2.11. The van der Waals surface area contributed by atoms with Crippen molar-refractivity contribution in [2.45, 2.75) is 6.54 Å². The topological polar surface area (TPSA) is 69.3 Å². The number of nitrogens with zero attached hydrogens (tertiary/aromatic N) is 3. The predicted molar refractivity (Wildman–Crippen MR) is 96.7 cm³/mol. The molecule has 3 rings (SSSR count). The van der Waals surface area contributed by atoms with Crippen LogP contribution in [-0.2, 0) is 11.3 Å². The van der Waals surface area contributed by atoms with Crippen molar-refractivity contribution in [2.24, 2.45) is 0 Å². The number of fused-ring (bicyclic) bond motifs is 1. The summed E-state index contributed by atoms with van der Waals surface area (Å²) in [5.41, 5.74) is 2.20. The summed E-state index contributed by atoms with van der Waals surface area (Å²) in [6.45, 7) is 0.599. The zero-order valence-corrected chi connectivity index (χ0v) is 15.4. The quantitative estimate of drug-likeness (QED) is 0.588. The second-order valence-electron chi connectivity index (χ2n) is 5.31. The summed E-state index contributed by atoms with van der Waals surface area (Å²) in [4.78, 5) is 0. The lowest BCUT2D eigenvalue weighted by atomic mass is 10.1. The Morgan fingerprint density at radius 3 is 2.64 bits per heavy atom. The molecule has 0 saturated carbocycles. The van der Waals surface area contributed by atoms with E-state index >= 15 is 0 Å². The Kier molecular flexibility index (Phi) is 5.22. The van der Waals surface area contributed by atoms with E-state index in [1.807, 2.05) is 24.3 Å². The molecular weight excluding hydrogens is 386 g/mol. The number of aromatic nitrogens is 2. The van der Waals surface area contributed by atoms with E-state index in [1.165, 1.54) is 7.11 Å². The first kappa shape index (κ1) is 17.3. The van der Waals surface area contributed by atoms with Crippen molar-refractivity contribution in [2.75, 3.05) is 21.0 Å². The number of nitriles is 1. The fraction of sp³-hybridized carbons (Fsp3) is 0.222. The molecule has 6 nitrogen and oxygen atoms in total. The van der Waals surface area contributed by atoms with Gasteiger partial charge in [0, 0.05) is 17.0 Å². The van der Waals surface area contributed by atoms with E-state index in [2.05, 4.69) is 27.1 Å². The Morgan fingerprint density at radius 2 is 2.00 bits per heavy atom. The maximum absolute atomic E-state index is 9.64. The standard InChI is InChI=1S/C18H16BrN3O3/c1-23-11-25-17-7-16(19)15-9-21-22(18(15)14(17)8-20)10-12-3-5-13(24-2)6-4-12/h3-7,9H,10-11H2,1-2H3. The fourth-order valence-electron chi connectivity index (χ4n) is 2.57. The van der Waals surface area contributed by atoms with E-state index in [9.17, 15) is 5.26 Å². The van der Waals surface area contributed by atoms with Gasteiger partial charge in [-0.3, -0.25) is 4.68 Å². The van der Waals surface area contributed by atoms with E-state index < -0.39 is 0 Å². The van der Waals surface area contributed by atoms with Crippen molar-refractivity contribution in [1.29, 1.82) is 5.26 Å². The molecule has 0 spiro atoms. The van der Waals surface area contributed by atoms with E-state index in [-0.39, 0.29) is 6.79 Å². The van der Waals surface area contributed by atoms with Crippen LogP contribution < -0.4 is 9.47 Å². The predicted octanol–water partition coefficient (Wildman–Crippen LogP) is 3.71. The van der Waals surface area contributed by atoms with Crippen molar-refractivity contribution >= 4 is 26.8 Å². The molecule has 0 aliphatic rings. The maximum Gasteiger partial charge on any atom is 0.188 e. The van der Waals surface area contributed by atoms with Crippen LogP contribution in [0.25, 0.3) is 10.9 Å². The molecule has 1 heterocycles. The summed E-state index contributed by atoms with van der Waals surface area (Å²) in [6.07, 6.45) is 1.74. The van der Waals surface area contributed by atoms with Gasteiger partial charge in [-0.25, -0.2) is 0 Å². The first-order chi connectivity index (χ1) is 12.2. The van der Waals surface area contributed by atoms with Gasteiger partial charge in [-0.15, -0.1) is 0 Å². The van der Waals surface area contributed by atoms with Gasteiger partial charge in [-0.2, -0.15) is 10.4 Å². The van der Waals surface area contributed by atoms with Crippen LogP contribution in [0.4, 0.5) is 0 Å². The van der Waals surface area contributed by atoms with Crippen LogP contribution in [0.2, 0.25) is 0 Å². The lowest BCUT2D eigenvalue weighted by molar-refractivity contribution is 0.0509. The Labute approximate surface area is 153 Å². The van der Waals surface area contributed by atoms with E-state index in [1.54, 1.807) is 24.1 Å². The van der Waals surface area contributed by atoms with Gasteiger partial charge < -0.3 is 14.2 Å². The van der Waals surface area contributed by atoms with Gasteiger partial charge in [0.1, 0.15) is 23.1 Å². The van der Waals surface area contributed by atoms with E-state index in [0.29, 0.717) is 17.9 Å². The minimum atomic E-state index is 0.0687. The molecule has 0 saturated heterocycles. The average molecular weight is 402 g/mol. The minimum Gasteiger partial charge on any atom is -0.497 e. The molecule has 128 valence electrons. The van der Waals surface area contributed by atoms with Crippen molar-refractivity contribution in [3.05, 3.63) is 52.1 Å². The third-order valence-electron chi connectivity index (χ3n) is 3.77. The van der Waals surface area contributed by atoms with Crippen LogP contribution in [0.5, 0.6) is 11.5 Å². The number of methoxy groups -OCH3 is 2.